The lowest BCUT2D eigenvalue weighted by Crippen LogP contribution is -2.06. The van der Waals surface area contributed by atoms with Crippen LogP contribution in [0.3, 0.4) is 0 Å². The number of benzene rings is 1. The summed E-state index contributed by atoms with van der Waals surface area (Å²) < 4.78 is 5.85. The van der Waals surface area contributed by atoms with E-state index in [9.17, 15) is 0 Å². The molecular formula is C12H14OS. The van der Waals surface area contributed by atoms with Gasteiger partial charge in [-0.2, -0.15) is 0 Å². The summed E-state index contributed by atoms with van der Waals surface area (Å²) >= 11 is 1.68. The van der Waals surface area contributed by atoms with Crippen molar-refractivity contribution in [3.05, 3.63) is 47.1 Å². The normalized spacial score (nSPS) is 21.2. The van der Waals surface area contributed by atoms with Crippen LogP contribution in [0.2, 0.25) is 0 Å². The van der Waals surface area contributed by atoms with Gasteiger partial charge in [0.05, 0.1) is 0 Å². The van der Waals surface area contributed by atoms with Gasteiger partial charge in [0.2, 0.25) is 0 Å². The Balaban J connectivity index is 2.11. The molecule has 0 spiro atoms. The molecule has 2 rings (SSSR count). The third kappa shape index (κ3) is 2.13. The van der Waals surface area contributed by atoms with E-state index in [1.807, 2.05) is 6.07 Å². The van der Waals surface area contributed by atoms with Crippen LogP contribution in [0.1, 0.15) is 24.5 Å². The summed E-state index contributed by atoms with van der Waals surface area (Å²) in [4.78, 5) is 0. The molecule has 74 valence electrons. The lowest BCUT2D eigenvalue weighted by Gasteiger charge is -2.23. The van der Waals surface area contributed by atoms with Gasteiger partial charge in [-0.05, 0) is 30.7 Å². The van der Waals surface area contributed by atoms with E-state index < -0.39 is 0 Å². The van der Waals surface area contributed by atoms with E-state index in [0.717, 1.165) is 17.9 Å². The Morgan fingerprint density at radius 3 is 2.79 bits per heavy atom. The van der Waals surface area contributed by atoms with Gasteiger partial charge in [-0.25, -0.2) is 0 Å². The summed E-state index contributed by atoms with van der Waals surface area (Å²) in [5, 5.41) is 1.06. The smallest absolute Gasteiger partial charge is 0.149 e. The monoisotopic (exact) mass is 206 g/mol. The summed E-state index contributed by atoms with van der Waals surface area (Å²) in [6.45, 7) is 0. The van der Waals surface area contributed by atoms with Crippen molar-refractivity contribution in [1.29, 1.82) is 0 Å². The molecule has 1 atom stereocenters. The molecule has 14 heavy (non-hydrogen) atoms. The van der Waals surface area contributed by atoms with Crippen molar-refractivity contribution in [3.8, 4) is 0 Å². The van der Waals surface area contributed by atoms with E-state index in [2.05, 4.69) is 36.6 Å². The number of hydrogen-bond donors (Lipinski definition) is 0. The van der Waals surface area contributed by atoms with Crippen LogP contribution >= 0.6 is 11.8 Å². The molecule has 0 bridgehead atoms. The number of allylic oxidation sites excluding steroid dienone is 1. The minimum atomic E-state index is 0.253. The molecule has 0 amide bonds. The highest BCUT2D eigenvalue weighted by Crippen LogP contribution is 2.33. The maximum atomic E-state index is 5.85. The fraction of sp³-hybridized carbons (Fsp3) is 0.333. The molecule has 1 unspecified atom stereocenters. The Labute approximate surface area is 89.2 Å². The maximum Gasteiger partial charge on any atom is 0.149 e. The summed E-state index contributed by atoms with van der Waals surface area (Å²) in [5.41, 5.74) is 1.28. The average molecular weight is 206 g/mol. The van der Waals surface area contributed by atoms with Crippen molar-refractivity contribution in [2.24, 2.45) is 0 Å². The number of rotatable bonds is 2. The van der Waals surface area contributed by atoms with Gasteiger partial charge in [0.25, 0.3) is 0 Å². The predicted molar refractivity (Wildman–Crippen MR) is 61.1 cm³/mol. The van der Waals surface area contributed by atoms with E-state index in [1.165, 1.54) is 5.56 Å². The molecule has 1 aliphatic rings. The Morgan fingerprint density at radius 1 is 1.29 bits per heavy atom. The van der Waals surface area contributed by atoms with Crippen molar-refractivity contribution in [3.63, 3.8) is 0 Å². The fourth-order valence-electron chi connectivity index (χ4n) is 1.63. The lowest BCUT2D eigenvalue weighted by atomic mass is 10.0. The predicted octanol–water partition coefficient (Wildman–Crippen LogP) is 3.74. The van der Waals surface area contributed by atoms with Crippen LogP contribution in [0.5, 0.6) is 0 Å². The van der Waals surface area contributed by atoms with Gasteiger partial charge < -0.3 is 4.74 Å². The molecule has 1 nitrogen and oxygen atoms in total. The zero-order chi connectivity index (χ0) is 9.80. The summed E-state index contributed by atoms with van der Waals surface area (Å²) in [5.74, 6) is 0. The van der Waals surface area contributed by atoms with Gasteiger partial charge in [0.15, 0.2) is 0 Å². The molecule has 1 aromatic carbocycles. The quantitative estimate of drug-likeness (QED) is 0.729. The molecule has 1 aromatic rings. The molecule has 0 saturated carbocycles. The largest absolute Gasteiger partial charge is 0.480 e. The highest BCUT2D eigenvalue weighted by molar-refractivity contribution is 8.02. The van der Waals surface area contributed by atoms with Crippen molar-refractivity contribution in [2.75, 3.05) is 6.26 Å². The van der Waals surface area contributed by atoms with E-state index in [4.69, 9.17) is 4.74 Å². The highest BCUT2D eigenvalue weighted by Gasteiger charge is 2.17. The SMILES string of the molecule is CSC1=CCCC(c2ccccc2)O1. The molecule has 0 radical (unpaired) electrons. The first-order valence-corrected chi connectivity index (χ1v) is 6.08. The Kier molecular flexibility index (Phi) is 3.14. The van der Waals surface area contributed by atoms with Crippen molar-refractivity contribution < 1.29 is 4.74 Å². The van der Waals surface area contributed by atoms with E-state index >= 15 is 0 Å². The van der Waals surface area contributed by atoms with E-state index in [0.29, 0.717) is 0 Å². The van der Waals surface area contributed by atoms with Gasteiger partial charge in [-0.3, -0.25) is 0 Å². The van der Waals surface area contributed by atoms with Crippen LogP contribution in [0.4, 0.5) is 0 Å². The van der Waals surface area contributed by atoms with Crippen LogP contribution in [0, 0.1) is 0 Å². The Hall–Kier alpha value is -0.890. The topological polar surface area (TPSA) is 9.23 Å². The maximum absolute atomic E-state index is 5.85. The van der Waals surface area contributed by atoms with Gasteiger partial charge in [-0.1, -0.05) is 42.1 Å². The Morgan fingerprint density at radius 2 is 2.07 bits per heavy atom. The van der Waals surface area contributed by atoms with E-state index in [1.54, 1.807) is 11.8 Å². The minimum Gasteiger partial charge on any atom is -0.480 e. The lowest BCUT2D eigenvalue weighted by molar-refractivity contribution is 0.116. The van der Waals surface area contributed by atoms with Crippen molar-refractivity contribution >= 4 is 11.8 Å². The van der Waals surface area contributed by atoms with Gasteiger partial charge >= 0.3 is 0 Å². The molecule has 0 fully saturated rings. The van der Waals surface area contributed by atoms with Gasteiger partial charge in [-0.15, -0.1) is 0 Å². The highest BCUT2D eigenvalue weighted by atomic mass is 32.2. The van der Waals surface area contributed by atoms with Crippen molar-refractivity contribution in [1.82, 2.24) is 0 Å². The molecule has 1 heterocycles. The number of ether oxygens (including phenoxy) is 1. The molecule has 0 N–H and O–H groups in total. The third-order valence-corrected chi connectivity index (χ3v) is 3.04. The second kappa shape index (κ2) is 4.56. The third-order valence-electron chi connectivity index (χ3n) is 2.37. The minimum absolute atomic E-state index is 0.253. The van der Waals surface area contributed by atoms with Crippen LogP contribution in [-0.2, 0) is 4.74 Å². The van der Waals surface area contributed by atoms with Crippen molar-refractivity contribution in [2.45, 2.75) is 18.9 Å². The molecule has 2 heteroatoms. The van der Waals surface area contributed by atoms with Crippen LogP contribution in [0.25, 0.3) is 0 Å². The first-order valence-electron chi connectivity index (χ1n) is 4.86. The second-order valence-corrected chi connectivity index (χ2v) is 4.13. The Bertz CT molecular complexity index is 318. The zero-order valence-corrected chi connectivity index (χ0v) is 9.09. The standard InChI is InChI=1S/C12H14OS/c1-14-12-9-5-8-11(13-12)10-6-3-2-4-7-10/h2-4,6-7,9,11H,5,8H2,1H3. The molecule has 1 aliphatic heterocycles. The molecule has 0 aliphatic carbocycles. The average Bonchev–Trinajstić information content (AvgIpc) is 2.30. The number of hydrogen-bond acceptors (Lipinski definition) is 2. The summed E-state index contributed by atoms with van der Waals surface area (Å²) in [6.07, 6.45) is 6.69. The summed E-state index contributed by atoms with van der Waals surface area (Å²) in [7, 11) is 0. The second-order valence-electron chi connectivity index (χ2n) is 3.32. The van der Waals surface area contributed by atoms with Crippen LogP contribution in [-0.4, -0.2) is 6.26 Å². The molecular weight excluding hydrogens is 192 g/mol. The van der Waals surface area contributed by atoms with Gasteiger partial charge in [0, 0.05) is 0 Å². The first-order chi connectivity index (χ1) is 6.90. The first kappa shape index (κ1) is 9.66. The van der Waals surface area contributed by atoms with Gasteiger partial charge in [0.1, 0.15) is 11.2 Å². The zero-order valence-electron chi connectivity index (χ0n) is 8.27. The van der Waals surface area contributed by atoms with Crippen LogP contribution < -0.4 is 0 Å². The van der Waals surface area contributed by atoms with E-state index in [-0.39, 0.29) is 6.10 Å². The number of thioether (sulfide) groups is 1. The van der Waals surface area contributed by atoms with Crippen LogP contribution in [0.15, 0.2) is 41.5 Å². The fourth-order valence-corrected chi connectivity index (χ4v) is 2.13. The molecule has 0 aromatic heterocycles. The summed E-state index contributed by atoms with van der Waals surface area (Å²) in [6, 6.07) is 10.4. The molecule has 0 saturated heterocycles.